The molecular weight excluding hydrogens is 896 g/mol. The monoisotopic (exact) mass is 954 g/mol. The Morgan fingerprint density at radius 2 is 1.25 bits per heavy atom. The first-order valence-electron chi connectivity index (χ1n) is 22.7. The summed E-state index contributed by atoms with van der Waals surface area (Å²) in [4.78, 5) is 48.0. The number of nitrogens with zero attached hydrogens (tertiary/aromatic N) is 7. The van der Waals surface area contributed by atoms with Crippen LogP contribution in [0.15, 0.2) is 49.1 Å². The van der Waals surface area contributed by atoms with E-state index in [2.05, 4.69) is 50.3 Å². The Morgan fingerprint density at radius 1 is 0.791 bits per heavy atom. The number of carbonyl (C=O) groups excluding carboxylic acids is 2. The van der Waals surface area contributed by atoms with Crippen LogP contribution < -0.4 is 25.4 Å². The van der Waals surface area contributed by atoms with Gasteiger partial charge in [0.1, 0.15) is 29.9 Å². The number of hydrogen-bond acceptors (Lipinski definition) is 13. The smallest absolute Gasteiger partial charge is 0.410 e. The molecule has 4 atom stereocenters. The van der Waals surface area contributed by atoms with Crippen LogP contribution in [0.25, 0.3) is 9.69 Å². The van der Waals surface area contributed by atoms with Crippen LogP contribution in [0, 0.1) is 38.8 Å². The van der Waals surface area contributed by atoms with Crippen LogP contribution in [0.3, 0.4) is 0 Å². The lowest BCUT2D eigenvalue weighted by atomic mass is 9.92. The molecule has 4 aliphatic rings. The van der Waals surface area contributed by atoms with Crippen molar-refractivity contribution in [2.45, 2.75) is 136 Å². The van der Waals surface area contributed by atoms with Crippen molar-refractivity contribution < 1.29 is 28.5 Å². The van der Waals surface area contributed by atoms with Crippen LogP contribution in [0.2, 0.25) is 10.0 Å². The largest absolute Gasteiger partial charge is 0.477 e. The minimum atomic E-state index is -0.318. The third kappa shape index (κ3) is 14.0. The van der Waals surface area contributed by atoms with Gasteiger partial charge in [0.15, 0.2) is 11.4 Å². The van der Waals surface area contributed by atoms with Crippen molar-refractivity contribution in [1.29, 1.82) is 0 Å². The van der Waals surface area contributed by atoms with Crippen molar-refractivity contribution in [1.82, 2.24) is 30.2 Å². The molecule has 4 unspecified atom stereocenters. The number of halogens is 2. The van der Waals surface area contributed by atoms with Crippen LogP contribution in [-0.4, -0.2) is 86.5 Å². The SMILES string of the molecule is CC(C)(C)OC=O.[C-]#[N+]c1ccc(Nc2ncnc(OCC3CC4CCC(C3)N4)c2C)c(Cl)c1.[C-]#[N+]c1ccc(Nc2ncnc(OCC3CC4CCC(C3)N4C(=O)OC(C)C)c2C)c(Cl)c1. The first-order valence-corrected chi connectivity index (χ1v) is 23.4. The lowest BCUT2D eigenvalue weighted by Gasteiger charge is -2.38. The van der Waals surface area contributed by atoms with Gasteiger partial charge in [0.25, 0.3) is 6.47 Å². The van der Waals surface area contributed by atoms with Gasteiger partial charge in [-0.15, -0.1) is 0 Å². The number of fused-ring (bicyclic) bond motifs is 4. The van der Waals surface area contributed by atoms with Gasteiger partial charge in [-0.1, -0.05) is 35.3 Å². The van der Waals surface area contributed by atoms with Crippen LogP contribution in [0.5, 0.6) is 11.8 Å². The fraction of sp³-hybridized carbons (Fsp3) is 0.510. The van der Waals surface area contributed by atoms with Crippen molar-refractivity contribution in [3.05, 3.63) is 93.1 Å². The Kier molecular flexibility index (Phi) is 17.5. The third-order valence-corrected chi connectivity index (χ3v) is 12.6. The maximum absolute atomic E-state index is 12.5. The van der Waals surface area contributed by atoms with Crippen molar-refractivity contribution >= 4 is 70.2 Å². The highest BCUT2D eigenvalue weighted by Crippen LogP contribution is 2.40. The molecule has 4 aromatic rings. The zero-order valence-electron chi connectivity index (χ0n) is 39.1. The quantitative estimate of drug-likeness (QED) is 0.0906. The van der Waals surface area contributed by atoms with Gasteiger partial charge in [0, 0.05) is 24.2 Å². The summed E-state index contributed by atoms with van der Waals surface area (Å²) >= 11 is 12.6. The zero-order valence-corrected chi connectivity index (χ0v) is 40.7. The highest BCUT2D eigenvalue weighted by molar-refractivity contribution is 6.34. The van der Waals surface area contributed by atoms with Crippen molar-refractivity contribution in [3.63, 3.8) is 0 Å². The summed E-state index contributed by atoms with van der Waals surface area (Å²) in [6.45, 7) is 28.9. The fourth-order valence-corrected chi connectivity index (χ4v) is 9.30. The minimum absolute atomic E-state index is 0.109. The van der Waals surface area contributed by atoms with Gasteiger partial charge in [-0.2, -0.15) is 0 Å². The summed E-state index contributed by atoms with van der Waals surface area (Å²) in [5.41, 5.74) is 3.66. The van der Waals surface area contributed by atoms with E-state index in [9.17, 15) is 9.59 Å². The van der Waals surface area contributed by atoms with Gasteiger partial charge < -0.3 is 39.8 Å². The number of carbonyl (C=O) groups is 2. The maximum atomic E-state index is 12.5. The average Bonchev–Trinajstić information content (AvgIpc) is 3.77. The fourth-order valence-electron chi connectivity index (χ4n) is 8.85. The van der Waals surface area contributed by atoms with Crippen LogP contribution in [-0.2, 0) is 14.3 Å². The molecule has 8 rings (SSSR count). The summed E-state index contributed by atoms with van der Waals surface area (Å²) < 4.78 is 22.2. The number of anilines is 4. The van der Waals surface area contributed by atoms with E-state index in [1.54, 1.807) is 36.4 Å². The molecule has 0 spiro atoms. The normalized spacial score (nSPS) is 21.3. The average molecular weight is 956 g/mol. The standard InChI is InChI=1S/C24H28ClN5O3.C20H22ClN5O.C5H10O2/c1-14(2)33-24(31)30-18-6-7-19(30)10-16(9-18)12-32-23-15(3)22(27-13-28-23)29-21-8-5-17(26-4)11-20(21)25;1-12-19(26-18-6-5-14(22-2)9-17(18)21)23-11-24-20(12)27-10-13-7-15-3-4-16(8-13)25-15;1-5(2,3)7-4-6/h5,8,11,13-14,16,18-19H,6-7,9-10,12H2,1-3H3,(H,27,28,29);5-6,9,11,13,15-16,25H,3-4,7-8,10H2,1H3,(H,23,24,26);4H,1-3H3. The molecule has 4 saturated heterocycles. The van der Waals surface area contributed by atoms with E-state index < -0.39 is 0 Å². The van der Waals surface area contributed by atoms with Crippen molar-refractivity contribution in [2.24, 2.45) is 11.8 Å². The molecule has 18 heteroatoms. The molecule has 0 saturated carbocycles. The molecule has 2 aromatic carbocycles. The second-order valence-electron chi connectivity index (χ2n) is 18.6. The van der Waals surface area contributed by atoms with Gasteiger partial charge in [-0.25, -0.2) is 34.4 Å². The Balaban J connectivity index is 0.000000196. The van der Waals surface area contributed by atoms with Gasteiger partial charge in [0.05, 0.1) is 65.0 Å². The maximum Gasteiger partial charge on any atom is 0.410 e. The Hall–Kier alpha value is -5.94. The van der Waals surface area contributed by atoms with Crippen LogP contribution in [0.1, 0.15) is 97.1 Å². The Morgan fingerprint density at radius 3 is 1.64 bits per heavy atom. The Bertz CT molecular complexity index is 2410. The highest BCUT2D eigenvalue weighted by atomic mass is 35.5. The summed E-state index contributed by atoms with van der Waals surface area (Å²) in [6.07, 6.45) is 11.4. The first-order chi connectivity index (χ1) is 32.0. The number of ether oxygens (including phenoxy) is 4. The van der Waals surface area contributed by atoms with E-state index in [0.717, 1.165) is 36.8 Å². The predicted molar refractivity (Wildman–Crippen MR) is 259 cm³/mol. The van der Waals surface area contributed by atoms with Crippen molar-refractivity contribution in [2.75, 3.05) is 23.8 Å². The second-order valence-corrected chi connectivity index (χ2v) is 19.4. The predicted octanol–water partition coefficient (Wildman–Crippen LogP) is 11.5. The molecule has 356 valence electrons. The molecular formula is C49H60Cl2N10O6. The summed E-state index contributed by atoms with van der Waals surface area (Å²) in [7, 11) is 0. The number of hydrogen-bond donors (Lipinski definition) is 3. The molecule has 2 aromatic heterocycles. The van der Waals surface area contributed by atoms with E-state index >= 15 is 0 Å². The first kappa shape index (κ1) is 50.5. The lowest BCUT2D eigenvalue weighted by molar-refractivity contribution is -0.138. The van der Waals surface area contributed by atoms with Gasteiger partial charge in [0.2, 0.25) is 11.8 Å². The zero-order chi connectivity index (χ0) is 48.3. The topological polar surface area (TPSA) is 171 Å². The summed E-state index contributed by atoms with van der Waals surface area (Å²) in [5.74, 6) is 3.31. The molecule has 0 radical (unpaired) electrons. The Labute approximate surface area is 403 Å². The molecule has 4 fully saturated rings. The molecule has 4 bridgehead atoms. The molecule has 67 heavy (non-hydrogen) atoms. The molecule has 6 heterocycles. The number of amides is 1. The number of benzene rings is 2. The van der Waals surface area contributed by atoms with E-state index in [4.69, 9.17) is 50.6 Å². The van der Waals surface area contributed by atoms with E-state index in [-0.39, 0.29) is 29.9 Å². The van der Waals surface area contributed by atoms with E-state index in [1.165, 1.54) is 38.3 Å². The van der Waals surface area contributed by atoms with E-state index in [1.807, 2.05) is 53.4 Å². The molecule has 1 amide bonds. The van der Waals surface area contributed by atoms with E-state index in [0.29, 0.717) is 99.8 Å². The molecule has 16 nitrogen and oxygen atoms in total. The number of rotatable bonds is 12. The minimum Gasteiger partial charge on any atom is -0.477 e. The number of piperidine rings is 2. The lowest BCUT2D eigenvalue weighted by Crippen LogP contribution is -2.48. The summed E-state index contributed by atoms with van der Waals surface area (Å²) in [5, 5.41) is 11.0. The number of nitrogens with one attached hydrogen (secondary N) is 3. The van der Waals surface area contributed by atoms with Crippen LogP contribution >= 0.6 is 23.2 Å². The third-order valence-electron chi connectivity index (χ3n) is 12.0. The molecule has 3 N–H and O–H groups in total. The second kappa shape index (κ2) is 23.2. The molecule has 4 aliphatic heterocycles. The summed E-state index contributed by atoms with van der Waals surface area (Å²) in [6, 6.07) is 11.9. The van der Waals surface area contributed by atoms with Crippen molar-refractivity contribution in [3.8, 4) is 11.8 Å². The highest BCUT2D eigenvalue weighted by Gasteiger charge is 2.44. The van der Waals surface area contributed by atoms with Gasteiger partial charge in [-0.3, -0.25) is 4.79 Å². The van der Waals surface area contributed by atoms with Gasteiger partial charge >= 0.3 is 6.09 Å². The van der Waals surface area contributed by atoms with Crippen LogP contribution in [0.4, 0.5) is 39.2 Å². The van der Waals surface area contributed by atoms with Gasteiger partial charge in [-0.05, 0) is 136 Å². The number of aromatic nitrogens is 4. The molecule has 0 aliphatic carbocycles.